The maximum atomic E-state index is 5.64. The fraction of sp³-hybridized carbons (Fsp3) is 0. The zero-order chi connectivity index (χ0) is 12.4. The van der Waals surface area contributed by atoms with E-state index in [9.17, 15) is 0 Å². The molecule has 2 heterocycles. The summed E-state index contributed by atoms with van der Waals surface area (Å²) < 4.78 is 1.58. The van der Waals surface area contributed by atoms with Crippen LogP contribution in [0.15, 0.2) is 48.9 Å². The van der Waals surface area contributed by atoms with Crippen molar-refractivity contribution in [3.63, 3.8) is 0 Å². The molecule has 18 heavy (non-hydrogen) atoms. The number of rotatable bonds is 2. The van der Waals surface area contributed by atoms with Crippen LogP contribution in [0.1, 0.15) is 0 Å². The predicted octanol–water partition coefficient (Wildman–Crippen LogP) is 1.31. The monoisotopic (exact) mass is 238 g/mol. The molecule has 0 saturated carbocycles. The standard InChI is InChI=1S/C12H10N6/c13-10-5-3-9(4-6-10)12-14-8-18(17-12)11-2-1-7-15-16-11/h1-8H,13H2. The summed E-state index contributed by atoms with van der Waals surface area (Å²) >= 11 is 0. The van der Waals surface area contributed by atoms with E-state index in [0.717, 1.165) is 5.56 Å². The molecule has 88 valence electrons. The number of nitrogens with zero attached hydrogens (tertiary/aromatic N) is 5. The number of hydrogen-bond donors (Lipinski definition) is 1. The van der Waals surface area contributed by atoms with E-state index >= 15 is 0 Å². The van der Waals surface area contributed by atoms with Gasteiger partial charge >= 0.3 is 0 Å². The highest BCUT2D eigenvalue weighted by Crippen LogP contribution is 2.16. The maximum Gasteiger partial charge on any atom is 0.181 e. The van der Waals surface area contributed by atoms with Crippen LogP contribution in [-0.2, 0) is 0 Å². The zero-order valence-electron chi connectivity index (χ0n) is 9.43. The van der Waals surface area contributed by atoms with Crippen molar-refractivity contribution >= 4 is 5.69 Å². The van der Waals surface area contributed by atoms with Gasteiger partial charge in [-0.05, 0) is 36.4 Å². The van der Waals surface area contributed by atoms with E-state index in [1.807, 2.05) is 30.3 Å². The van der Waals surface area contributed by atoms with Gasteiger partial charge in [0.15, 0.2) is 11.6 Å². The molecule has 3 aromatic rings. The van der Waals surface area contributed by atoms with E-state index in [1.165, 1.54) is 0 Å². The summed E-state index contributed by atoms with van der Waals surface area (Å²) in [6, 6.07) is 11.0. The molecule has 0 bridgehead atoms. The van der Waals surface area contributed by atoms with Crippen LogP contribution in [0.2, 0.25) is 0 Å². The lowest BCUT2D eigenvalue weighted by Gasteiger charge is -1.97. The molecule has 0 radical (unpaired) electrons. The number of nitrogens with two attached hydrogens (primary N) is 1. The molecule has 6 nitrogen and oxygen atoms in total. The molecular weight excluding hydrogens is 228 g/mol. The van der Waals surface area contributed by atoms with Crippen molar-refractivity contribution < 1.29 is 0 Å². The van der Waals surface area contributed by atoms with Gasteiger partial charge in [0.2, 0.25) is 0 Å². The Kier molecular flexibility index (Phi) is 2.45. The lowest BCUT2D eigenvalue weighted by Crippen LogP contribution is -1.98. The number of nitrogen functional groups attached to an aromatic ring is 1. The minimum atomic E-state index is 0.626. The maximum absolute atomic E-state index is 5.64. The topological polar surface area (TPSA) is 82.5 Å². The highest BCUT2D eigenvalue weighted by molar-refractivity contribution is 5.58. The third kappa shape index (κ3) is 1.91. The summed E-state index contributed by atoms with van der Waals surface area (Å²) in [7, 11) is 0. The second kappa shape index (κ2) is 4.25. The Labute approximate surface area is 103 Å². The molecule has 0 aliphatic heterocycles. The summed E-state index contributed by atoms with van der Waals surface area (Å²) in [5.74, 6) is 1.26. The van der Waals surface area contributed by atoms with Gasteiger partial charge in [0.05, 0.1) is 0 Å². The van der Waals surface area contributed by atoms with E-state index in [1.54, 1.807) is 23.3 Å². The Morgan fingerprint density at radius 1 is 1.06 bits per heavy atom. The zero-order valence-corrected chi connectivity index (χ0v) is 9.43. The normalized spacial score (nSPS) is 10.4. The van der Waals surface area contributed by atoms with E-state index in [2.05, 4.69) is 20.3 Å². The van der Waals surface area contributed by atoms with Crippen molar-refractivity contribution in [2.75, 3.05) is 5.73 Å². The van der Waals surface area contributed by atoms with Crippen molar-refractivity contribution in [3.8, 4) is 17.2 Å². The van der Waals surface area contributed by atoms with Crippen LogP contribution in [0.25, 0.3) is 17.2 Å². The van der Waals surface area contributed by atoms with Gasteiger partial charge in [-0.15, -0.1) is 10.2 Å². The van der Waals surface area contributed by atoms with E-state index in [0.29, 0.717) is 17.3 Å². The first-order valence-electron chi connectivity index (χ1n) is 5.38. The number of anilines is 1. The second-order valence-electron chi connectivity index (χ2n) is 3.72. The number of benzene rings is 1. The van der Waals surface area contributed by atoms with Gasteiger partial charge in [0, 0.05) is 17.4 Å². The highest BCUT2D eigenvalue weighted by Gasteiger charge is 2.05. The lowest BCUT2D eigenvalue weighted by molar-refractivity contribution is 0.815. The third-order valence-electron chi connectivity index (χ3n) is 2.45. The SMILES string of the molecule is Nc1ccc(-c2ncn(-c3cccnn3)n2)cc1. The molecule has 2 N–H and O–H groups in total. The van der Waals surface area contributed by atoms with Gasteiger partial charge < -0.3 is 5.73 Å². The average molecular weight is 238 g/mol. The molecule has 0 spiro atoms. The fourth-order valence-electron chi connectivity index (χ4n) is 1.55. The Hall–Kier alpha value is -2.76. The molecule has 6 heteroatoms. The van der Waals surface area contributed by atoms with E-state index < -0.39 is 0 Å². The second-order valence-corrected chi connectivity index (χ2v) is 3.72. The Balaban J connectivity index is 1.97. The molecule has 0 amide bonds. The summed E-state index contributed by atoms with van der Waals surface area (Å²) in [4.78, 5) is 4.24. The molecule has 0 aliphatic rings. The van der Waals surface area contributed by atoms with Crippen molar-refractivity contribution in [2.45, 2.75) is 0 Å². The van der Waals surface area contributed by atoms with Gasteiger partial charge in [0.1, 0.15) is 6.33 Å². The van der Waals surface area contributed by atoms with Crippen molar-refractivity contribution in [1.82, 2.24) is 25.0 Å². The molecule has 1 aromatic carbocycles. The molecule has 2 aromatic heterocycles. The molecule has 0 saturated heterocycles. The van der Waals surface area contributed by atoms with E-state index in [4.69, 9.17) is 5.73 Å². The van der Waals surface area contributed by atoms with Gasteiger partial charge in [-0.2, -0.15) is 5.10 Å². The van der Waals surface area contributed by atoms with Crippen LogP contribution in [0.3, 0.4) is 0 Å². The van der Waals surface area contributed by atoms with Crippen LogP contribution in [-0.4, -0.2) is 25.0 Å². The number of aromatic nitrogens is 5. The fourth-order valence-corrected chi connectivity index (χ4v) is 1.55. The third-order valence-corrected chi connectivity index (χ3v) is 2.45. The molecular formula is C12H10N6. The molecule has 0 unspecified atom stereocenters. The summed E-state index contributed by atoms with van der Waals surface area (Å²) in [5.41, 5.74) is 7.26. The van der Waals surface area contributed by atoms with Gasteiger partial charge in [-0.1, -0.05) is 0 Å². The molecule has 0 atom stereocenters. The van der Waals surface area contributed by atoms with Crippen LogP contribution in [0.5, 0.6) is 0 Å². The lowest BCUT2D eigenvalue weighted by atomic mass is 10.2. The predicted molar refractivity (Wildman–Crippen MR) is 66.8 cm³/mol. The minimum Gasteiger partial charge on any atom is -0.399 e. The molecule has 0 fully saturated rings. The highest BCUT2D eigenvalue weighted by atomic mass is 15.4. The summed E-state index contributed by atoms with van der Waals surface area (Å²) in [6.07, 6.45) is 3.22. The van der Waals surface area contributed by atoms with Crippen molar-refractivity contribution in [2.24, 2.45) is 0 Å². The first kappa shape index (κ1) is 10.4. The molecule has 3 rings (SSSR count). The quantitative estimate of drug-likeness (QED) is 0.680. The Bertz CT molecular complexity index is 644. The Morgan fingerprint density at radius 3 is 2.61 bits per heavy atom. The summed E-state index contributed by atoms with van der Waals surface area (Å²) in [6.45, 7) is 0. The first-order valence-corrected chi connectivity index (χ1v) is 5.38. The van der Waals surface area contributed by atoms with Crippen molar-refractivity contribution in [3.05, 3.63) is 48.9 Å². The summed E-state index contributed by atoms with van der Waals surface area (Å²) in [5, 5.41) is 12.1. The van der Waals surface area contributed by atoms with Gasteiger partial charge in [-0.25, -0.2) is 9.67 Å². The molecule has 0 aliphatic carbocycles. The van der Waals surface area contributed by atoms with Crippen LogP contribution in [0.4, 0.5) is 5.69 Å². The van der Waals surface area contributed by atoms with Crippen LogP contribution in [0, 0.1) is 0 Å². The van der Waals surface area contributed by atoms with Crippen LogP contribution >= 0.6 is 0 Å². The van der Waals surface area contributed by atoms with Crippen LogP contribution < -0.4 is 5.73 Å². The van der Waals surface area contributed by atoms with Gasteiger partial charge in [0.25, 0.3) is 0 Å². The minimum absolute atomic E-state index is 0.626. The Morgan fingerprint density at radius 2 is 1.89 bits per heavy atom. The van der Waals surface area contributed by atoms with E-state index in [-0.39, 0.29) is 0 Å². The van der Waals surface area contributed by atoms with Gasteiger partial charge in [-0.3, -0.25) is 0 Å². The number of hydrogen-bond acceptors (Lipinski definition) is 5. The smallest absolute Gasteiger partial charge is 0.181 e. The largest absolute Gasteiger partial charge is 0.399 e. The average Bonchev–Trinajstić information content (AvgIpc) is 2.90. The first-order chi connectivity index (χ1) is 8.83. The van der Waals surface area contributed by atoms with Crippen molar-refractivity contribution in [1.29, 1.82) is 0 Å².